The lowest BCUT2D eigenvalue weighted by molar-refractivity contribution is -0.192. The molecule has 2 rings (SSSR count). The quantitative estimate of drug-likeness (QED) is 0.802. The van der Waals surface area contributed by atoms with Crippen LogP contribution in [0.1, 0.15) is 25.7 Å². The Morgan fingerprint density at radius 1 is 1.35 bits per heavy atom. The molecule has 1 saturated heterocycles. The number of carbonyl (C=O) groups is 1. The molecule has 17 heavy (non-hydrogen) atoms. The normalized spacial score (nSPS) is 26.9. The van der Waals surface area contributed by atoms with Crippen LogP contribution >= 0.6 is 12.4 Å². The third-order valence-electron chi connectivity index (χ3n) is 3.36. The van der Waals surface area contributed by atoms with Crippen molar-refractivity contribution in [3.63, 3.8) is 0 Å². The molecule has 0 radical (unpaired) electrons. The minimum Gasteiger partial charge on any atom is -0.351 e. The molecule has 2 fully saturated rings. The highest BCUT2D eigenvalue weighted by molar-refractivity contribution is 5.86. The molecule has 1 aliphatic carbocycles. The standard InChI is InChI=1S/C10H15F3N2O.ClH/c11-10(12,13)9(3-4-9)8(16)15-7-2-1-5-14-6-7;/h7,14H,1-6H2,(H,15,16);1H/t7-;/m1./s1. The smallest absolute Gasteiger partial charge is 0.351 e. The first-order chi connectivity index (χ1) is 7.46. The molecule has 0 aromatic carbocycles. The summed E-state index contributed by atoms with van der Waals surface area (Å²) >= 11 is 0. The first-order valence-corrected chi connectivity index (χ1v) is 5.54. The van der Waals surface area contributed by atoms with Crippen molar-refractivity contribution in [1.29, 1.82) is 0 Å². The molecule has 1 saturated carbocycles. The highest BCUT2D eigenvalue weighted by atomic mass is 35.5. The fraction of sp³-hybridized carbons (Fsp3) is 0.900. The van der Waals surface area contributed by atoms with E-state index in [1.54, 1.807) is 0 Å². The van der Waals surface area contributed by atoms with Crippen LogP contribution in [0.2, 0.25) is 0 Å². The van der Waals surface area contributed by atoms with E-state index in [9.17, 15) is 18.0 Å². The first-order valence-electron chi connectivity index (χ1n) is 5.54. The lowest BCUT2D eigenvalue weighted by Gasteiger charge is -2.27. The fourth-order valence-electron chi connectivity index (χ4n) is 2.06. The van der Waals surface area contributed by atoms with Gasteiger partial charge in [-0.3, -0.25) is 4.79 Å². The number of halogens is 4. The Hall–Kier alpha value is -0.490. The van der Waals surface area contributed by atoms with E-state index in [1.807, 2.05) is 0 Å². The Labute approximate surface area is 104 Å². The molecule has 1 aliphatic heterocycles. The van der Waals surface area contributed by atoms with Gasteiger partial charge in [0.25, 0.3) is 0 Å². The van der Waals surface area contributed by atoms with Crippen LogP contribution < -0.4 is 10.6 Å². The van der Waals surface area contributed by atoms with Crippen molar-refractivity contribution < 1.29 is 18.0 Å². The predicted octanol–water partition coefficient (Wildman–Crippen LogP) is 1.62. The van der Waals surface area contributed by atoms with Gasteiger partial charge < -0.3 is 10.6 Å². The van der Waals surface area contributed by atoms with E-state index >= 15 is 0 Å². The Kier molecular flexibility index (Phi) is 4.30. The molecular weight excluding hydrogens is 257 g/mol. The summed E-state index contributed by atoms with van der Waals surface area (Å²) in [5.74, 6) is -0.839. The molecule has 1 amide bonds. The van der Waals surface area contributed by atoms with Gasteiger partial charge in [-0.25, -0.2) is 0 Å². The second-order valence-electron chi connectivity index (χ2n) is 4.60. The Morgan fingerprint density at radius 3 is 2.41 bits per heavy atom. The zero-order valence-electron chi connectivity index (χ0n) is 9.27. The number of alkyl halides is 3. The molecule has 7 heteroatoms. The highest BCUT2D eigenvalue weighted by Gasteiger charge is 2.68. The summed E-state index contributed by atoms with van der Waals surface area (Å²) in [6.07, 6.45) is -2.89. The molecule has 0 aromatic heterocycles. The zero-order chi connectivity index (χ0) is 11.8. The van der Waals surface area contributed by atoms with Crippen molar-refractivity contribution in [2.75, 3.05) is 13.1 Å². The number of piperidine rings is 1. The summed E-state index contributed by atoms with van der Waals surface area (Å²) in [4.78, 5) is 11.6. The van der Waals surface area contributed by atoms with E-state index < -0.39 is 17.5 Å². The van der Waals surface area contributed by atoms with Crippen LogP contribution in [0, 0.1) is 5.41 Å². The third-order valence-corrected chi connectivity index (χ3v) is 3.36. The van der Waals surface area contributed by atoms with E-state index in [0.29, 0.717) is 6.54 Å². The first kappa shape index (κ1) is 14.6. The van der Waals surface area contributed by atoms with Crippen molar-refractivity contribution in [1.82, 2.24) is 10.6 Å². The summed E-state index contributed by atoms with van der Waals surface area (Å²) in [5.41, 5.74) is -2.08. The van der Waals surface area contributed by atoms with Gasteiger partial charge in [0.15, 0.2) is 0 Å². The van der Waals surface area contributed by atoms with Gasteiger partial charge in [0.2, 0.25) is 5.91 Å². The number of hydrogen-bond acceptors (Lipinski definition) is 2. The van der Waals surface area contributed by atoms with Crippen molar-refractivity contribution in [2.45, 2.75) is 37.9 Å². The molecule has 0 aromatic rings. The fourth-order valence-corrected chi connectivity index (χ4v) is 2.06. The van der Waals surface area contributed by atoms with Gasteiger partial charge in [-0.2, -0.15) is 13.2 Å². The molecule has 1 heterocycles. The Balaban J connectivity index is 0.00000144. The highest BCUT2D eigenvalue weighted by Crippen LogP contribution is 2.57. The second-order valence-corrected chi connectivity index (χ2v) is 4.60. The van der Waals surface area contributed by atoms with Crippen LogP contribution in [0.3, 0.4) is 0 Å². The number of rotatable bonds is 2. The summed E-state index contributed by atoms with van der Waals surface area (Å²) in [5, 5.41) is 5.56. The van der Waals surface area contributed by atoms with Gasteiger partial charge in [-0.15, -0.1) is 12.4 Å². The van der Waals surface area contributed by atoms with E-state index in [-0.39, 0.29) is 31.3 Å². The van der Waals surface area contributed by atoms with Crippen LogP contribution in [0.25, 0.3) is 0 Å². The molecule has 2 aliphatic rings. The number of amides is 1. The molecular formula is C10H16ClF3N2O. The molecule has 100 valence electrons. The number of nitrogens with one attached hydrogen (secondary N) is 2. The number of carbonyl (C=O) groups excluding carboxylic acids is 1. The van der Waals surface area contributed by atoms with E-state index in [0.717, 1.165) is 19.4 Å². The van der Waals surface area contributed by atoms with Gasteiger partial charge in [0.05, 0.1) is 0 Å². The van der Waals surface area contributed by atoms with Crippen LogP contribution in [0.5, 0.6) is 0 Å². The van der Waals surface area contributed by atoms with Gasteiger partial charge in [0.1, 0.15) is 5.41 Å². The van der Waals surface area contributed by atoms with Crippen molar-refractivity contribution in [3.8, 4) is 0 Å². The summed E-state index contributed by atoms with van der Waals surface area (Å²) in [6.45, 7) is 1.44. The van der Waals surface area contributed by atoms with Gasteiger partial charge in [-0.05, 0) is 32.2 Å². The number of hydrogen-bond donors (Lipinski definition) is 2. The average Bonchev–Trinajstić information content (AvgIpc) is 2.98. The molecule has 0 unspecified atom stereocenters. The van der Waals surface area contributed by atoms with Crippen molar-refractivity contribution >= 4 is 18.3 Å². The van der Waals surface area contributed by atoms with Crippen LogP contribution in [0.15, 0.2) is 0 Å². The molecule has 2 N–H and O–H groups in total. The van der Waals surface area contributed by atoms with Crippen LogP contribution in [-0.4, -0.2) is 31.2 Å². The van der Waals surface area contributed by atoms with Crippen LogP contribution in [-0.2, 0) is 4.79 Å². The van der Waals surface area contributed by atoms with E-state index in [2.05, 4.69) is 10.6 Å². The maximum absolute atomic E-state index is 12.6. The molecule has 1 atom stereocenters. The van der Waals surface area contributed by atoms with Crippen molar-refractivity contribution in [3.05, 3.63) is 0 Å². The largest absolute Gasteiger partial charge is 0.403 e. The van der Waals surface area contributed by atoms with Crippen molar-refractivity contribution in [2.24, 2.45) is 5.41 Å². The topological polar surface area (TPSA) is 41.1 Å². The van der Waals surface area contributed by atoms with E-state index in [4.69, 9.17) is 0 Å². The van der Waals surface area contributed by atoms with Crippen LogP contribution in [0.4, 0.5) is 13.2 Å². The second kappa shape index (κ2) is 5.02. The summed E-state index contributed by atoms with van der Waals surface area (Å²) < 4.78 is 37.9. The lowest BCUT2D eigenvalue weighted by Crippen LogP contribution is -2.50. The third kappa shape index (κ3) is 2.85. The summed E-state index contributed by atoms with van der Waals surface area (Å²) in [6, 6.07) is -0.152. The molecule has 0 bridgehead atoms. The predicted molar refractivity (Wildman–Crippen MR) is 59.0 cm³/mol. The SMILES string of the molecule is Cl.O=C(N[C@@H]1CCCNC1)C1(C(F)(F)F)CC1. The Morgan fingerprint density at radius 2 is 2.00 bits per heavy atom. The average molecular weight is 273 g/mol. The zero-order valence-corrected chi connectivity index (χ0v) is 10.1. The lowest BCUT2D eigenvalue weighted by atomic mass is 10.0. The van der Waals surface area contributed by atoms with Gasteiger partial charge >= 0.3 is 6.18 Å². The monoisotopic (exact) mass is 272 g/mol. The van der Waals surface area contributed by atoms with E-state index in [1.165, 1.54) is 0 Å². The molecule has 0 spiro atoms. The maximum atomic E-state index is 12.6. The van der Waals surface area contributed by atoms with Gasteiger partial charge in [-0.1, -0.05) is 0 Å². The summed E-state index contributed by atoms with van der Waals surface area (Å²) in [7, 11) is 0. The molecule has 3 nitrogen and oxygen atoms in total. The minimum atomic E-state index is -4.40. The Bertz CT molecular complexity index is 286. The minimum absolute atomic E-state index is 0. The maximum Gasteiger partial charge on any atom is 0.403 e. The van der Waals surface area contributed by atoms with Gasteiger partial charge in [0, 0.05) is 12.6 Å².